The van der Waals surface area contributed by atoms with Crippen molar-refractivity contribution in [2.75, 3.05) is 14.2 Å². The number of benzene rings is 2. The van der Waals surface area contributed by atoms with Crippen molar-refractivity contribution in [3.05, 3.63) is 48.0 Å². The molecule has 0 radical (unpaired) electrons. The van der Waals surface area contributed by atoms with E-state index < -0.39 is 23.8 Å². The van der Waals surface area contributed by atoms with E-state index >= 15 is 0 Å². The molecule has 0 heterocycles. The van der Waals surface area contributed by atoms with Crippen LogP contribution in [0.5, 0.6) is 23.0 Å². The van der Waals surface area contributed by atoms with Gasteiger partial charge in [0, 0.05) is 6.07 Å². The van der Waals surface area contributed by atoms with Crippen LogP contribution in [0.3, 0.4) is 0 Å². The molecule has 26 heavy (non-hydrogen) atoms. The first-order valence-corrected chi connectivity index (χ1v) is 7.52. The number of hydrogen-bond acceptors (Lipinski definition) is 5. The Kier molecular flexibility index (Phi) is 5.97. The number of alkyl halides is 3. The van der Waals surface area contributed by atoms with Crippen LogP contribution in [0, 0.1) is 0 Å². The van der Waals surface area contributed by atoms with Crippen LogP contribution in [0.4, 0.5) is 13.2 Å². The van der Waals surface area contributed by atoms with Gasteiger partial charge in [-0.05, 0) is 43.3 Å². The molecule has 0 aliphatic carbocycles. The molecule has 0 fully saturated rings. The summed E-state index contributed by atoms with van der Waals surface area (Å²) >= 11 is 0. The molecule has 0 saturated carbocycles. The molecule has 0 spiro atoms. The number of halogens is 3. The summed E-state index contributed by atoms with van der Waals surface area (Å²) in [4.78, 5) is 11.4. The maximum atomic E-state index is 12.6. The number of carbonyl (C=O) groups excluding carboxylic acids is 1. The van der Waals surface area contributed by atoms with E-state index in [1.165, 1.54) is 45.4 Å². The maximum Gasteiger partial charge on any atom is 0.416 e. The Morgan fingerprint density at radius 1 is 0.962 bits per heavy atom. The molecule has 0 aliphatic heterocycles. The summed E-state index contributed by atoms with van der Waals surface area (Å²) in [5.41, 5.74) is -0.761. The monoisotopic (exact) mass is 370 g/mol. The van der Waals surface area contributed by atoms with Crippen molar-refractivity contribution in [3.63, 3.8) is 0 Å². The molecule has 140 valence electrons. The Bertz CT molecular complexity index is 756. The first-order chi connectivity index (χ1) is 12.2. The number of esters is 1. The molecule has 1 unspecified atom stereocenters. The van der Waals surface area contributed by atoms with Gasteiger partial charge < -0.3 is 18.9 Å². The zero-order valence-electron chi connectivity index (χ0n) is 14.3. The normalized spacial score (nSPS) is 12.2. The summed E-state index contributed by atoms with van der Waals surface area (Å²) in [6.07, 6.45) is -5.24. The highest BCUT2D eigenvalue weighted by Gasteiger charge is 2.30. The van der Waals surface area contributed by atoms with Gasteiger partial charge in [-0.3, -0.25) is 0 Å². The van der Waals surface area contributed by atoms with Gasteiger partial charge in [-0.1, -0.05) is 0 Å². The molecule has 0 aromatic heterocycles. The summed E-state index contributed by atoms with van der Waals surface area (Å²) < 4.78 is 58.5. The van der Waals surface area contributed by atoms with E-state index in [4.69, 9.17) is 14.2 Å². The summed E-state index contributed by atoms with van der Waals surface area (Å²) in [6.45, 7) is 1.53. The van der Waals surface area contributed by atoms with Crippen LogP contribution in [0.2, 0.25) is 0 Å². The maximum absolute atomic E-state index is 12.6. The van der Waals surface area contributed by atoms with Crippen LogP contribution in [0.1, 0.15) is 12.5 Å². The highest BCUT2D eigenvalue weighted by molar-refractivity contribution is 5.74. The average molecular weight is 370 g/mol. The van der Waals surface area contributed by atoms with Crippen molar-refractivity contribution in [1.82, 2.24) is 0 Å². The van der Waals surface area contributed by atoms with Crippen molar-refractivity contribution < 1.29 is 36.9 Å². The fourth-order valence-corrected chi connectivity index (χ4v) is 2.06. The second kappa shape index (κ2) is 7.99. The second-order valence-corrected chi connectivity index (χ2v) is 5.22. The standard InChI is InChI=1S/C18H17F3O5/c1-11(17(22)24-3)25-15-9-8-14(10-16(15)23-2)26-13-6-4-12(5-7-13)18(19,20)21/h4-11H,1-3H3. The predicted octanol–water partition coefficient (Wildman–Crippen LogP) is 4.45. The van der Waals surface area contributed by atoms with Crippen LogP contribution in [0.15, 0.2) is 42.5 Å². The Balaban J connectivity index is 2.15. The molecule has 0 aliphatic rings. The lowest BCUT2D eigenvalue weighted by Crippen LogP contribution is -2.25. The number of rotatable bonds is 6. The van der Waals surface area contributed by atoms with Gasteiger partial charge in [0.2, 0.25) is 0 Å². The Labute approximate surface area is 148 Å². The van der Waals surface area contributed by atoms with E-state index in [1.54, 1.807) is 6.07 Å². The Morgan fingerprint density at radius 3 is 2.12 bits per heavy atom. The molecule has 0 bridgehead atoms. The highest BCUT2D eigenvalue weighted by atomic mass is 19.4. The third-order valence-corrected chi connectivity index (χ3v) is 3.39. The van der Waals surface area contributed by atoms with E-state index in [1.807, 2.05) is 0 Å². The molecule has 2 aromatic rings. The molecule has 0 saturated heterocycles. The molecule has 0 N–H and O–H groups in total. The van der Waals surface area contributed by atoms with Gasteiger partial charge in [0.1, 0.15) is 11.5 Å². The van der Waals surface area contributed by atoms with Crippen molar-refractivity contribution in [3.8, 4) is 23.0 Å². The summed E-state index contributed by atoms with van der Waals surface area (Å²) in [5, 5.41) is 0. The first-order valence-electron chi connectivity index (χ1n) is 7.52. The van der Waals surface area contributed by atoms with Crippen LogP contribution in [-0.4, -0.2) is 26.3 Å². The quantitative estimate of drug-likeness (QED) is 0.704. The number of hydrogen-bond donors (Lipinski definition) is 0. The zero-order valence-corrected chi connectivity index (χ0v) is 14.3. The topological polar surface area (TPSA) is 54.0 Å². The lowest BCUT2D eigenvalue weighted by atomic mass is 10.2. The van der Waals surface area contributed by atoms with Crippen molar-refractivity contribution in [2.24, 2.45) is 0 Å². The summed E-state index contributed by atoms with van der Waals surface area (Å²) in [7, 11) is 2.66. The number of methoxy groups -OCH3 is 2. The summed E-state index contributed by atoms with van der Waals surface area (Å²) in [5.74, 6) is 0.615. The summed E-state index contributed by atoms with van der Waals surface area (Å²) in [6, 6.07) is 8.87. The molecule has 8 heteroatoms. The Hall–Kier alpha value is -2.90. The Morgan fingerprint density at radius 2 is 1.58 bits per heavy atom. The predicted molar refractivity (Wildman–Crippen MR) is 86.6 cm³/mol. The lowest BCUT2D eigenvalue weighted by Gasteiger charge is -2.16. The molecule has 0 amide bonds. The van der Waals surface area contributed by atoms with E-state index in [2.05, 4.69) is 4.74 Å². The van der Waals surface area contributed by atoms with Crippen LogP contribution < -0.4 is 14.2 Å². The van der Waals surface area contributed by atoms with Gasteiger partial charge in [-0.2, -0.15) is 13.2 Å². The van der Waals surface area contributed by atoms with Crippen molar-refractivity contribution in [2.45, 2.75) is 19.2 Å². The van der Waals surface area contributed by atoms with Gasteiger partial charge in [-0.15, -0.1) is 0 Å². The third kappa shape index (κ3) is 4.81. The first kappa shape index (κ1) is 19.4. The fraction of sp³-hybridized carbons (Fsp3) is 0.278. The molecule has 1 atom stereocenters. The SMILES string of the molecule is COC(=O)C(C)Oc1ccc(Oc2ccc(C(F)(F)F)cc2)cc1OC. The lowest BCUT2D eigenvalue weighted by molar-refractivity contribution is -0.148. The largest absolute Gasteiger partial charge is 0.493 e. The highest BCUT2D eigenvalue weighted by Crippen LogP contribution is 2.35. The van der Waals surface area contributed by atoms with Gasteiger partial charge in [-0.25, -0.2) is 4.79 Å². The van der Waals surface area contributed by atoms with Gasteiger partial charge >= 0.3 is 12.1 Å². The number of carbonyl (C=O) groups is 1. The average Bonchev–Trinajstić information content (AvgIpc) is 2.61. The second-order valence-electron chi connectivity index (χ2n) is 5.22. The fourth-order valence-electron chi connectivity index (χ4n) is 2.06. The van der Waals surface area contributed by atoms with E-state index in [0.29, 0.717) is 17.2 Å². The minimum Gasteiger partial charge on any atom is -0.493 e. The van der Waals surface area contributed by atoms with E-state index in [9.17, 15) is 18.0 Å². The third-order valence-electron chi connectivity index (χ3n) is 3.39. The van der Waals surface area contributed by atoms with Crippen LogP contribution >= 0.6 is 0 Å². The van der Waals surface area contributed by atoms with Gasteiger partial charge in [0.05, 0.1) is 19.8 Å². The van der Waals surface area contributed by atoms with Gasteiger partial charge in [0.15, 0.2) is 17.6 Å². The number of ether oxygens (including phenoxy) is 4. The van der Waals surface area contributed by atoms with Gasteiger partial charge in [0.25, 0.3) is 0 Å². The van der Waals surface area contributed by atoms with E-state index in [-0.39, 0.29) is 5.75 Å². The minimum atomic E-state index is -4.41. The minimum absolute atomic E-state index is 0.233. The molecular formula is C18H17F3O5. The molecule has 2 aromatic carbocycles. The van der Waals surface area contributed by atoms with Crippen LogP contribution in [0.25, 0.3) is 0 Å². The molecule has 5 nitrogen and oxygen atoms in total. The van der Waals surface area contributed by atoms with Crippen molar-refractivity contribution >= 4 is 5.97 Å². The zero-order chi connectivity index (χ0) is 19.3. The molecule has 2 rings (SSSR count). The van der Waals surface area contributed by atoms with Crippen LogP contribution in [-0.2, 0) is 15.7 Å². The van der Waals surface area contributed by atoms with Crippen molar-refractivity contribution in [1.29, 1.82) is 0 Å². The molecular weight excluding hydrogens is 353 g/mol. The smallest absolute Gasteiger partial charge is 0.416 e. The van der Waals surface area contributed by atoms with E-state index in [0.717, 1.165) is 12.1 Å².